The maximum Gasteiger partial charge on any atom is 0.227 e. The van der Waals surface area contributed by atoms with Crippen molar-refractivity contribution in [3.8, 4) is 73.6 Å². The predicted octanol–water partition coefficient (Wildman–Crippen LogP) is 10.3. The van der Waals surface area contributed by atoms with E-state index in [9.17, 15) is 0 Å². The molecule has 0 N–H and O–H groups in total. The Morgan fingerprint density at radius 2 is 1.15 bits per heavy atom. The third kappa shape index (κ3) is 4.29. The van der Waals surface area contributed by atoms with Crippen LogP contribution in [0.25, 0.3) is 72.9 Å². The van der Waals surface area contributed by atoms with Crippen LogP contribution in [0.15, 0.2) is 158 Å². The fourth-order valence-electron chi connectivity index (χ4n) is 6.40. The number of benzene rings is 5. The van der Waals surface area contributed by atoms with Gasteiger partial charge < -0.3 is 9.30 Å². The quantitative estimate of drug-likeness (QED) is 0.205. The van der Waals surface area contributed by atoms with Crippen molar-refractivity contribution in [3.63, 3.8) is 0 Å². The van der Waals surface area contributed by atoms with Crippen LogP contribution in [-0.4, -0.2) is 19.5 Å². The molecule has 0 atom stereocenters. The van der Waals surface area contributed by atoms with Crippen LogP contribution in [0.1, 0.15) is 0 Å². The maximum atomic E-state index is 6.42. The molecule has 8 aromatic rings. The lowest BCUT2D eigenvalue weighted by molar-refractivity contribution is 0.468. The number of pyridine rings is 1. The van der Waals surface area contributed by atoms with Gasteiger partial charge in [-0.1, -0.05) is 103 Å². The van der Waals surface area contributed by atoms with E-state index < -0.39 is 0 Å². The molecule has 46 heavy (non-hydrogen) atoms. The average molecular weight is 591 g/mol. The third-order valence-electron chi connectivity index (χ3n) is 8.51. The molecule has 5 heteroatoms. The van der Waals surface area contributed by atoms with E-state index in [0.717, 1.165) is 72.8 Å². The first kappa shape index (κ1) is 26.1. The molecule has 0 saturated heterocycles. The van der Waals surface area contributed by atoms with Gasteiger partial charge in [0.25, 0.3) is 0 Å². The molecule has 216 valence electrons. The van der Waals surface area contributed by atoms with Gasteiger partial charge in [-0.15, -0.1) is 0 Å². The molecule has 1 aliphatic heterocycles. The minimum atomic E-state index is 0.610. The molecule has 1 aliphatic rings. The number of aromatic nitrogens is 4. The Morgan fingerprint density at radius 1 is 0.522 bits per heavy atom. The van der Waals surface area contributed by atoms with Crippen molar-refractivity contribution in [1.82, 2.24) is 19.5 Å². The van der Waals surface area contributed by atoms with E-state index in [2.05, 4.69) is 107 Å². The molecule has 9 rings (SSSR count). The van der Waals surface area contributed by atoms with Crippen LogP contribution in [0.2, 0.25) is 0 Å². The van der Waals surface area contributed by atoms with Crippen LogP contribution in [0.5, 0.6) is 11.6 Å². The van der Waals surface area contributed by atoms with Gasteiger partial charge in [0.1, 0.15) is 5.75 Å². The van der Waals surface area contributed by atoms with Gasteiger partial charge in [0.2, 0.25) is 5.88 Å². The van der Waals surface area contributed by atoms with Crippen LogP contribution in [0, 0.1) is 0 Å². The largest absolute Gasteiger partial charge is 0.438 e. The summed E-state index contributed by atoms with van der Waals surface area (Å²) in [6.07, 6.45) is 1.78. The maximum absolute atomic E-state index is 6.42. The molecule has 0 unspecified atom stereocenters. The van der Waals surface area contributed by atoms with Gasteiger partial charge in [0.05, 0.1) is 22.6 Å². The summed E-state index contributed by atoms with van der Waals surface area (Å²) in [6.45, 7) is 0. The highest BCUT2D eigenvalue weighted by molar-refractivity contribution is 6.08. The highest BCUT2D eigenvalue weighted by Gasteiger charge is 2.28. The SMILES string of the molecule is c1ccc(-c2cc(-c3ccc(-n4c5c(c6ccccc64)-c4cccnc4Oc4ccccc4-5)cc3)nc(-c3ccccc3)n2)cc1. The predicted molar refractivity (Wildman–Crippen MR) is 184 cm³/mol. The van der Waals surface area contributed by atoms with E-state index in [4.69, 9.17) is 14.7 Å². The van der Waals surface area contributed by atoms with E-state index in [-0.39, 0.29) is 0 Å². The number of para-hydroxylation sites is 2. The number of nitrogens with zero attached hydrogens (tertiary/aromatic N) is 4. The Bertz CT molecular complexity index is 2320. The van der Waals surface area contributed by atoms with E-state index in [1.165, 1.54) is 0 Å². The molecule has 0 saturated carbocycles. The molecule has 0 aliphatic carbocycles. The smallest absolute Gasteiger partial charge is 0.227 e. The number of hydrogen-bond donors (Lipinski definition) is 0. The van der Waals surface area contributed by atoms with Gasteiger partial charge in [-0.2, -0.15) is 0 Å². The molecule has 0 bridgehead atoms. The number of rotatable bonds is 4. The molecule has 0 radical (unpaired) electrons. The molecular formula is C41H26N4O. The van der Waals surface area contributed by atoms with Crippen molar-refractivity contribution < 1.29 is 4.74 Å². The average Bonchev–Trinajstić information content (AvgIpc) is 3.40. The first-order chi connectivity index (χ1) is 22.8. The van der Waals surface area contributed by atoms with Gasteiger partial charge in [0.15, 0.2) is 5.82 Å². The Hall–Kier alpha value is -6.33. The van der Waals surface area contributed by atoms with Crippen molar-refractivity contribution in [1.29, 1.82) is 0 Å². The van der Waals surface area contributed by atoms with Crippen LogP contribution in [0.3, 0.4) is 0 Å². The summed E-state index contributed by atoms with van der Waals surface area (Å²) >= 11 is 0. The molecule has 5 nitrogen and oxygen atoms in total. The second-order valence-corrected chi connectivity index (χ2v) is 11.3. The Balaban J connectivity index is 1.24. The van der Waals surface area contributed by atoms with Crippen LogP contribution in [-0.2, 0) is 0 Å². The second kappa shape index (κ2) is 10.7. The Labute approximate surface area is 266 Å². The van der Waals surface area contributed by atoms with Crippen LogP contribution in [0.4, 0.5) is 0 Å². The number of hydrogen-bond acceptors (Lipinski definition) is 4. The summed E-state index contributed by atoms with van der Waals surface area (Å²) in [4.78, 5) is 14.6. The summed E-state index contributed by atoms with van der Waals surface area (Å²) < 4.78 is 8.75. The standard InChI is InChI=1S/C41H26N4O/c1-3-12-27(13-4-1)34-26-35(44-40(43-34)29-14-5-2-6-15-29)28-21-23-30(24-22-28)45-36-19-9-7-16-31(36)38-33-18-11-25-42-41(33)46-37-20-10-8-17-32(37)39(38)45/h1-26H. The molecule has 5 aromatic carbocycles. The molecule has 3 aromatic heterocycles. The first-order valence-electron chi connectivity index (χ1n) is 15.3. The van der Waals surface area contributed by atoms with E-state index >= 15 is 0 Å². The van der Waals surface area contributed by atoms with Crippen molar-refractivity contribution in [3.05, 3.63) is 158 Å². The normalized spacial score (nSPS) is 11.7. The van der Waals surface area contributed by atoms with Gasteiger partial charge in [0, 0.05) is 50.7 Å². The summed E-state index contributed by atoms with van der Waals surface area (Å²) in [6, 6.07) is 51.9. The third-order valence-corrected chi connectivity index (χ3v) is 8.51. The Morgan fingerprint density at radius 3 is 1.93 bits per heavy atom. The van der Waals surface area contributed by atoms with Gasteiger partial charge in [-0.05, 0) is 48.5 Å². The lowest BCUT2D eigenvalue weighted by atomic mass is 9.99. The summed E-state index contributed by atoms with van der Waals surface area (Å²) in [7, 11) is 0. The molecule has 0 spiro atoms. The van der Waals surface area contributed by atoms with Gasteiger partial charge in [-0.3, -0.25) is 0 Å². The fraction of sp³-hybridized carbons (Fsp3) is 0. The lowest BCUT2D eigenvalue weighted by Gasteiger charge is -2.14. The minimum absolute atomic E-state index is 0.610. The molecule has 4 heterocycles. The topological polar surface area (TPSA) is 52.8 Å². The van der Waals surface area contributed by atoms with Gasteiger partial charge >= 0.3 is 0 Å². The lowest BCUT2D eigenvalue weighted by Crippen LogP contribution is -1.99. The van der Waals surface area contributed by atoms with Gasteiger partial charge in [-0.25, -0.2) is 15.0 Å². The van der Waals surface area contributed by atoms with Crippen LogP contribution >= 0.6 is 0 Å². The Kier molecular flexibility index (Phi) is 6.06. The zero-order chi connectivity index (χ0) is 30.5. The van der Waals surface area contributed by atoms with Crippen molar-refractivity contribution >= 4 is 10.9 Å². The minimum Gasteiger partial charge on any atom is -0.438 e. The van der Waals surface area contributed by atoms with Crippen LogP contribution < -0.4 is 4.74 Å². The first-order valence-corrected chi connectivity index (χ1v) is 15.3. The van der Waals surface area contributed by atoms with E-state index in [0.29, 0.717) is 11.7 Å². The molecular weight excluding hydrogens is 564 g/mol. The van der Waals surface area contributed by atoms with Crippen molar-refractivity contribution in [2.75, 3.05) is 0 Å². The second-order valence-electron chi connectivity index (χ2n) is 11.3. The zero-order valence-corrected chi connectivity index (χ0v) is 24.7. The highest BCUT2D eigenvalue weighted by Crippen LogP contribution is 2.50. The van der Waals surface area contributed by atoms with Crippen molar-refractivity contribution in [2.24, 2.45) is 0 Å². The highest BCUT2D eigenvalue weighted by atomic mass is 16.5. The zero-order valence-electron chi connectivity index (χ0n) is 24.7. The summed E-state index contributed by atoms with van der Waals surface area (Å²) in [5, 5.41) is 1.15. The van der Waals surface area contributed by atoms with E-state index in [1.807, 2.05) is 54.6 Å². The molecule has 0 amide bonds. The number of ether oxygens (including phenoxy) is 1. The summed E-state index contributed by atoms with van der Waals surface area (Å²) in [5.74, 6) is 2.09. The van der Waals surface area contributed by atoms with Crippen molar-refractivity contribution in [2.45, 2.75) is 0 Å². The number of fused-ring (bicyclic) bond motifs is 7. The molecule has 0 fully saturated rings. The van der Waals surface area contributed by atoms with E-state index in [1.54, 1.807) is 6.20 Å². The fourth-order valence-corrected chi connectivity index (χ4v) is 6.40. The monoisotopic (exact) mass is 590 g/mol. The summed E-state index contributed by atoms with van der Waals surface area (Å²) in [5.41, 5.74) is 11.2.